The fourth-order valence-electron chi connectivity index (χ4n) is 4.03. The normalized spacial score (nSPS) is 24.7. The summed E-state index contributed by atoms with van der Waals surface area (Å²) in [4.78, 5) is 4.64. The lowest BCUT2D eigenvalue weighted by Gasteiger charge is -2.45. The number of nitrogens with zero attached hydrogens (tertiary/aromatic N) is 3. The molecule has 158 valence electrons. The summed E-state index contributed by atoms with van der Waals surface area (Å²) in [6.45, 7) is 6.64. The molecule has 0 unspecified atom stereocenters. The third-order valence-electron chi connectivity index (χ3n) is 5.67. The summed E-state index contributed by atoms with van der Waals surface area (Å²) >= 11 is 1.26. The zero-order chi connectivity index (χ0) is 20.4. The number of phenolic OH excluding ortho intramolecular Hbond substituents is 1. The SMILES string of the molecule is C[C@H]1COCCN1C[C@H]1CN(S(=O)(=O)c2cccs2)CCN1c1ccc(O)cc1. The van der Waals surface area contributed by atoms with E-state index < -0.39 is 10.0 Å². The predicted octanol–water partition coefficient (Wildman–Crippen LogP) is 2.05. The van der Waals surface area contributed by atoms with Gasteiger partial charge in [0.2, 0.25) is 0 Å². The Kier molecular flexibility index (Phi) is 6.12. The van der Waals surface area contributed by atoms with Crippen LogP contribution in [0.3, 0.4) is 0 Å². The molecule has 7 nitrogen and oxygen atoms in total. The van der Waals surface area contributed by atoms with Crippen molar-refractivity contribution in [1.82, 2.24) is 9.21 Å². The standard InChI is InChI=1S/C20H27N3O4S2/c1-16-15-27-11-10-21(16)13-18-14-22(29(25,26)20-3-2-12-28-20)8-9-23(18)17-4-6-19(24)7-5-17/h2-7,12,16,18,24H,8-11,13-15H2,1H3/t16-,18-/m0/s1. The van der Waals surface area contributed by atoms with Crippen LogP contribution >= 0.6 is 11.3 Å². The zero-order valence-electron chi connectivity index (χ0n) is 16.5. The van der Waals surface area contributed by atoms with Crippen LogP contribution in [0.2, 0.25) is 0 Å². The highest BCUT2D eigenvalue weighted by atomic mass is 32.2. The van der Waals surface area contributed by atoms with Crippen molar-refractivity contribution >= 4 is 27.0 Å². The van der Waals surface area contributed by atoms with Crippen LogP contribution in [-0.4, -0.2) is 80.8 Å². The number of hydrogen-bond acceptors (Lipinski definition) is 7. The Hall–Kier alpha value is -1.65. The van der Waals surface area contributed by atoms with Crippen LogP contribution in [0.25, 0.3) is 0 Å². The van der Waals surface area contributed by atoms with Gasteiger partial charge in [-0.3, -0.25) is 4.90 Å². The van der Waals surface area contributed by atoms with Gasteiger partial charge in [0.15, 0.2) is 0 Å². The summed E-state index contributed by atoms with van der Waals surface area (Å²) in [5.74, 6) is 0.228. The number of morpholine rings is 1. The van der Waals surface area contributed by atoms with Gasteiger partial charge in [0.25, 0.3) is 10.0 Å². The molecule has 9 heteroatoms. The van der Waals surface area contributed by atoms with Gasteiger partial charge in [-0.25, -0.2) is 8.42 Å². The second-order valence-electron chi connectivity index (χ2n) is 7.58. The maximum absolute atomic E-state index is 13.1. The monoisotopic (exact) mass is 437 g/mol. The van der Waals surface area contributed by atoms with Crippen LogP contribution in [0.1, 0.15) is 6.92 Å². The number of anilines is 1. The van der Waals surface area contributed by atoms with Crippen LogP contribution < -0.4 is 4.90 Å². The van der Waals surface area contributed by atoms with Gasteiger partial charge in [-0.15, -0.1) is 11.3 Å². The summed E-state index contributed by atoms with van der Waals surface area (Å²) in [6, 6.07) is 10.9. The molecule has 2 saturated heterocycles. The van der Waals surface area contributed by atoms with Gasteiger partial charge in [-0.05, 0) is 42.6 Å². The molecule has 0 bridgehead atoms. The first-order valence-electron chi connectivity index (χ1n) is 9.86. The Morgan fingerprint density at radius 2 is 1.97 bits per heavy atom. The van der Waals surface area contributed by atoms with E-state index in [0.717, 1.165) is 18.8 Å². The Labute approximate surface area is 176 Å². The first-order valence-corrected chi connectivity index (χ1v) is 12.2. The molecule has 4 rings (SSSR count). The van der Waals surface area contributed by atoms with Crippen LogP contribution in [0.4, 0.5) is 5.69 Å². The lowest BCUT2D eigenvalue weighted by Crippen LogP contribution is -2.60. The van der Waals surface area contributed by atoms with Gasteiger partial charge < -0.3 is 14.7 Å². The topological polar surface area (TPSA) is 73.3 Å². The van der Waals surface area contributed by atoms with Crippen LogP contribution in [-0.2, 0) is 14.8 Å². The van der Waals surface area contributed by atoms with Crippen molar-refractivity contribution in [1.29, 1.82) is 0 Å². The van der Waals surface area contributed by atoms with E-state index in [9.17, 15) is 13.5 Å². The highest BCUT2D eigenvalue weighted by Gasteiger charge is 2.36. The third kappa shape index (κ3) is 4.44. The number of hydrogen-bond donors (Lipinski definition) is 1. The van der Waals surface area contributed by atoms with Gasteiger partial charge >= 0.3 is 0 Å². The number of thiophene rings is 1. The van der Waals surface area contributed by atoms with E-state index in [1.807, 2.05) is 12.1 Å². The molecular formula is C20H27N3O4S2. The Morgan fingerprint density at radius 3 is 2.66 bits per heavy atom. The molecule has 2 aromatic rings. The van der Waals surface area contributed by atoms with Crippen molar-refractivity contribution in [3.63, 3.8) is 0 Å². The molecule has 0 aliphatic carbocycles. The molecule has 0 amide bonds. The van der Waals surface area contributed by atoms with Gasteiger partial charge in [0.05, 0.1) is 19.3 Å². The van der Waals surface area contributed by atoms with Crippen molar-refractivity contribution in [2.75, 3.05) is 50.8 Å². The van der Waals surface area contributed by atoms with E-state index in [0.29, 0.717) is 43.1 Å². The number of aromatic hydroxyl groups is 1. The lowest BCUT2D eigenvalue weighted by atomic mass is 10.1. The number of benzene rings is 1. The molecule has 1 aromatic carbocycles. The molecule has 2 fully saturated rings. The summed E-state index contributed by atoms with van der Waals surface area (Å²) in [7, 11) is -3.48. The highest BCUT2D eigenvalue weighted by molar-refractivity contribution is 7.91. The van der Waals surface area contributed by atoms with Crippen LogP contribution in [0, 0.1) is 0 Å². The third-order valence-corrected chi connectivity index (χ3v) is 8.90. The largest absolute Gasteiger partial charge is 0.508 e. The highest BCUT2D eigenvalue weighted by Crippen LogP contribution is 2.28. The molecule has 29 heavy (non-hydrogen) atoms. The molecule has 1 aromatic heterocycles. The molecule has 2 atom stereocenters. The van der Waals surface area contributed by atoms with Crippen LogP contribution in [0.5, 0.6) is 5.75 Å². The van der Waals surface area contributed by atoms with E-state index >= 15 is 0 Å². The van der Waals surface area contributed by atoms with Gasteiger partial charge in [-0.1, -0.05) is 6.07 Å². The summed E-state index contributed by atoms with van der Waals surface area (Å²) < 4.78 is 33.8. The molecule has 0 radical (unpaired) electrons. The molecule has 1 N–H and O–H groups in total. The van der Waals surface area contributed by atoms with Crippen molar-refractivity contribution < 1.29 is 18.3 Å². The van der Waals surface area contributed by atoms with E-state index in [1.165, 1.54) is 11.3 Å². The summed E-state index contributed by atoms with van der Waals surface area (Å²) in [6.07, 6.45) is 0. The minimum Gasteiger partial charge on any atom is -0.508 e. The first-order chi connectivity index (χ1) is 13.9. The number of phenols is 1. The van der Waals surface area contributed by atoms with E-state index in [4.69, 9.17) is 4.74 Å². The molecule has 2 aliphatic rings. The minimum absolute atomic E-state index is 0.0172. The number of ether oxygens (including phenoxy) is 1. The smallest absolute Gasteiger partial charge is 0.252 e. The quantitative estimate of drug-likeness (QED) is 0.772. The Balaban J connectivity index is 1.58. The number of piperazine rings is 1. The van der Waals surface area contributed by atoms with Crippen molar-refractivity contribution in [2.24, 2.45) is 0 Å². The lowest BCUT2D eigenvalue weighted by molar-refractivity contribution is -0.00446. The fourth-order valence-corrected chi connectivity index (χ4v) is 6.64. The molecule has 3 heterocycles. The average molecular weight is 438 g/mol. The Morgan fingerprint density at radius 1 is 1.17 bits per heavy atom. The summed E-state index contributed by atoms with van der Waals surface area (Å²) in [5.41, 5.74) is 1.00. The van der Waals surface area contributed by atoms with E-state index in [-0.39, 0.29) is 11.8 Å². The maximum Gasteiger partial charge on any atom is 0.252 e. The Bertz CT molecular complexity index is 902. The predicted molar refractivity (Wildman–Crippen MR) is 114 cm³/mol. The van der Waals surface area contributed by atoms with Gasteiger partial charge in [0.1, 0.15) is 9.96 Å². The minimum atomic E-state index is -3.48. The zero-order valence-corrected chi connectivity index (χ0v) is 18.1. The number of sulfonamides is 1. The van der Waals surface area contributed by atoms with Gasteiger partial charge in [-0.2, -0.15) is 4.31 Å². The maximum atomic E-state index is 13.1. The van der Waals surface area contributed by atoms with Crippen molar-refractivity contribution in [2.45, 2.75) is 23.2 Å². The second kappa shape index (κ2) is 8.61. The van der Waals surface area contributed by atoms with Gasteiger partial charge in [0, 0.05) is 44.5 Å². The van der Waals surface area contributed by atoms with E-state index in [1.54, 1.807) is 34.0 Å². The summed E-state index contributed by atoms with van der Waals surface area (Å²) in [5, 5.41) is 11.4. The molecular weight excluding hydrogens is 410 g/mol. The number of rotatable bonds is 5. The second-order valence-corrected chi connectivity index (χ2v) is 10.7. The van der Waals surface area contributed by atoms with E-state index in [2.05, 4.69) is 16.7 Å². The average Bonchev–Trinajstić information content (AvgIpc) is 3.26. The van der Waals surface area contributed by atoms with Crippen LogP contribution in [0.15, 0.2) is 46.0 Å². The first kappa shape index (κ1) is 20.6. The fraction of sp³-hybridized carbons (Fsp3) is 0.500. The van der Waals surface area contributed by atoms with Crippen molar-refractivity contribution in [3.8, 4) is 5.75 Å². The molecule has 0 saturated carbocycles. The molecule has 0 spiro atoms. The van der Waals surface area contributed by atoms with Crippen molar-refractivity contribution in [3.05, 3.63) is 41.8 Å². The molecule has 2 aliphatic heterocycles.